The van der Waals surface area contributed by atoms with Gasteiger partial charge in [-0.2, -0.15) is 4.98 Å². The third kappa shape index (κ3) is 1.89. The van der Waals surface area contributed by atoms with Crippen molar-refractivity contribution in [2.24, 2.45) is 5.29 Å². The number of rotatable bonds is 3. The van der Waals surface area contributed by atoms with E-state index in [0.717, 1.165) is 6.33 Å². The standard InChI is InChI=1S/C10H12N6O6/c11-10-13-7-4(8(20)16(10)14-21)12-2-15(7)9-6(19)5(18)3(1-17)22-9/h2-3,5-6,9,17-19H,1H2,(H2,11,13)/t3-,5-,6-,9-/m1/s1. The van der Waals surface area contributed by atoms with Crippen LogP contribution >= 0.6 is 0 Å². The number of anilines is 1. The van der Waals surface area contributed by atoms with Gasteiger partial charge in [0.2, 0.25) is 5.95 Å². The summed E-state index contributed by atoms with van der Waals surface area (Å²) >= 11 is 0. The van der Waals surface area contributed by atoms with Crippen molar-refractivity contribution in [3.63, 3.8) is 0 Å². The minimum atomic E-state index is -1.37. The molecule has 2 aromatic heterocycles. The molecule has 12 nitrogen and oxygen atoms in total. The fourth-order valence-corrected chi connectivity index (χ4v) is 2.35. The molecule has 1 aliphatic rings. The van der Waals surface area contributed by atoms with Crippen LogP contribution in [0, 0.1) is 4.91 Å². The Balaban J connectivity index is 2.14. The number of ether oxygens (including phenoxy) is 1. The lowest BCUT2D eigenvalue weighted by molar-refractivity contribution is -0.0511. The van der Waals surface area contributed by atoms with E-state index in [4.69, 9.17) is 15.6 Å². The van der Waals surface area contributed by atoms with Crippen LogP contribution in [0.3, 0.4) is 0 Å². The van der Waals surface area contributed by atoms with Gasteiger partial charge in [0.25, 0.3) is 0 Å². The highest BCUT2D eigenvalue weighted by atomic mass is 16.6. The third-order valence-corrected chi connectivity index (χ3v) is 3.47. The maximum absolute atomic E-state index is 12.0. The first-order valence-corrected chi connectivity index (χ1v) is 6.20. The number of hydrogen-bond acceptors (Lipinski definition) is 10. The second-order valence-electron chi connectivity index (χ2n) is 4.72. The van der Waals surface area contributed by atoms with E-state index in [1.807, 2.05) is 0 Å². The predicted molar refractivity (Wildman–Crippen MR) is 70.4 cm³/mol. The zero-order valence-corrected chi connectivity index (χ0v) is 11.0. The Labute approximate surface area is 121 Å². The molecule has 2 aromatic rings. The molecule has 0 unspecified atom stereocenters. The van der Waals surface area contributed by atoms with Gasteiger partial charge in [0.15, 0.2) is 17.4 Å². The van der Waals surface area contributed by atoms with Crippen LogP contribution in [0.1, 0.15) is 6.23 Å². The molecule has 1 saturated heterocycles. The average molecular weight is 312 g/mol. The maximum Gasteiger partial charge on any atom is 0.306 e. The number of nitrogen functional groups attached to an aromatic ring is 1. The molecule has 3 rings (SSSR count). The molecule has 0 aliphatic carbocycles. The summed E-state index contributed by atoms with van der Waals surface area (Å²) in [5.74, 6) is -0.457. The minimum absolute atomic E-state index is 0.0442. The number of aromatic nitrogens is 4. The zero-order valence-electron chi connectivity index (χ0n) is 11.0. The summed E-state index contributed by atoms with van der Waals surface area (Å²) < 4.78 is 6.85. The van der Waals surface area contributed by atoms with E-state index in [-0.39, 0.29) is 11.2 Å². The first-order valence-electron chi connectivity index (χ1n) is 6.20. The Morgan fingerprint density at radius 1 is 1.41 bits per heavy atom. The normalized spacial score (nSPS) is 28.3. The topological polar surface area (TPSA) is 178 Å². The fourth-order valence-electron chi connectivity index (χ4n) is 2.35. The lowest BCUT2D eigenvalue weighted by Crippen LogP contribution is -2.33. The number of aliphatic hydroxyl groups excluding tert-OH is 3. The van der Waals surface area contributed by atoms with Crippen LogP contribution in [0.15, 0.2) is 16.4 Å². The molecule has 0 amide bonds. The van der Waals surface area contributed by atoms with Crippen molar-refractivity contribution in [1.29, 1.82) is 0 Å². The van der Waals surface area contributed by atoms with E-state index in [1.165, 1.54) is 4.57 Å². The molecule has 0 saturated carbocycles. The first-order chi connectivity index (χ1) is 10.5. The predicted octanol–water partition coefficient (Wildman–Crippen LogP) is -2.68. The zero-order chi connectivity index (χ0) is 16.0. The molecule has 0 aromatic carbocycles. The number of aliphatic hydroxyl groups is 3. The monoisotopic (exact) mass is 312 g/mol. The molecule has 3 heterocycles. The van der Waals surface area contributed by atoms with E-state index in [0.29, 0.717) is 4.68 Å². The largest absolute Gasteiger partial charge is 0.394 e. The number of nitroso groups, excluding NO2 is 1. The second-order valence-corrected chi connectivity index (χ2v) is 4.72. The van der Waals surface area contributed by atoms with Crippen LogP contribution in [-0.4, -0.2) is 59.4 Å². The highest BCUT2D eigenvalue weighted by Gasteiger charge is 2.44. The van der Waals surface area contributed by atoms with Crippen LogP contribution in [0.5, 0.6) is 0 Å². The van der Waals surface area contributed by atoms with Crippen molar-refractivity contribution in [2.75, 3.05) is 12.3 Å². The molecule has 5 N–H and O–H groups in total. The van der Waals surface area contributed by atoms with Crippen LogP contribution in [0.2, 0.25) is 0 Å². The van der Waals surface area contributed by atoms with Gasteiger partial charge in [0, 0.05) is 0 Å². The van der Waals surface area contributed by atoms with Crippen molar-refractivity contribution < 1.29 is 20.1 Å². The van der Waals surface area contributed by atoms with Crippen LogP contribution in [-0.2, 0) is 4.74 Å². The molecule has 1 aliphatic heterocycles. The summed E-state index contributed by atoms with van der Waals surface area (Å²) in [5.41, 5.74) is 4.35. The molecule has 1 fully saturated rings. The van der Waals surface area contributed by atoms with Gasteiger partial charge in [-0.3, -0.25) is 9.36 Å². The number of nitrogens with two attached hydrogens (primary N) is 1. The summed E-state index contributed by atoms with van der Waals surface area (Å²) in [6, 6.07) is 0. The molecular weight excluding hydrogens is 300 g/mol. The maximum atomic E-state index is 12.0. The van der Waals surface area contributed by atoms with Gasteiger partial charge in [-0.1, -0.05) is 0 Å². The third-order valence-electron chi connectivity index (χ3n) is 3.47. The minimum Gasteiger partial charge on any atom is -0.394 e. The van der Waals surface area contributed by atoms with Crippen molar-refractivity contribution in [1.82, 2.24) is 19.2 Å². The van der Waals surface area contributed by atoms with Gasteiger partial charge in [0.1, 0.15) is 18.3 Å². The van der Waals surface area contributed by atoms with E-state index >= 15 is 0 Å². The van der Waals surface area contributed by atoms with Gasteiger partial charge >= 0.3 is 5.56 Å². The van der Waals surface area contributed by atoms with Crippen molar-refractivity contribution in [2.45, 2.75) is 24.5 Å². The van der Waals surface area contributed by atoms with Gasteiger partial charge in [0.05, 0.1) is 18.2 Å². The Morgan fingerprint density at radius 3 is 2.73 bits per heavy atom. The SMILES string of the molecule is Nc1nc2c(ncn2[C@@H]2O[C@H](CO)[C@@H](O)[C@H]2O)c(=O)n1N=O. The van der Waals surface area contributed by atoms with Crippen molar-refractivity contribution >= 4 is 17.1 Å². The Hall–Kier alpha value is -2.41. The smallest absolute Gasteiger partial charge is 0.306 e. The van der Waals surface area contributed by atoms with Crippen LogP contribution in [0.25, 0.3) is 11.2 Å². The lowest BCUT2D eigenvalue weighted by atomic mass is 10.1. The van der Waals surface area contributed by atoms with E-state index < -0.39 is 42.7 Å². The second kappa shape index (κ2) is 5.10. The first kappa shape index (κ1) is 14.5. The van der Waals surface area contributed by atoms with E-state index in [9.17, 15) is 19.9 Å². The number of imidazole rings is 1. The highest BCUT2D eigenvalue weighted by molar-refractivity contribution is 5.71. The van der Waals surface area contributed by atoms with Gasteiger partial charge < -0.3 is 25.8 Å². The Kier molecular flexibility index (Phi) is 3.37. The number of nitrogens with zero attached hydrogens (tertiary/aromatic N) is 5. The van der Waals surface area contributed by atoms with Crippen LogP contribution < -0.4 is 11.3 Å². The average Bonchev–Trinajstić information content (AvgIpc) is 3.02. The van der Waals surface area contributed by atoms with Gasteiger partial charge in [-0.25, -0.2) is 4.98 Å². The molecule has 12 heteroatoms. The molecule has 0 bridgehead atoms. The van der Waals surface area contributed by atoms with Crippen molar-refractivity contribution in [3.05, 3.63) is 21.6 Å². The summed E-state index contributed by atoms with van der Waals surface area (Å²) in [7, 11) is 0. The van der Waals surface area contributed by atoms with E-state index in [1.54, 1.807) is 0 Å². The summed E-state index contributed by atoms with van der Waals surface area (Å²) in [4.78, 5) is 30.2. The Morgan fingerprint density at radius 2 is 2.14 bits per heavy atom. The van der Waals surface area contributed by atoms with Crippen LogP contribution in [0.4, 0.5) is 5.95 Å². The molecule has 0 spiro atoms. The van der Waals surface area contributed by atoms with Gasteiger partial charge in [-0.05, 0) is 0 Å². The van der Waals surface area contributed by atoms with Crippen molar-refractivity contribution in [3.8, 4) is 0 Å². The summed E-state index contributed by atoms with van der Waals surface area (Å²) in [6.45, 7) is -0.501. The molecule has 22 heavy (non-hydrogen) atoms. The van der Waals surface area contributed by atoms with E-state index in [2.05, 4.69) is 15.3 Å². The molecule has 118 valence electrons. The molecule has 4 atom stereocenters. The fraction of sp³-hybridized carbons (Fsp3) is 0.500. The molecular formula is C10H12N6O6. The lowest BCUT2D eigenvalue weighted by Gasteiger charge is -2.16. The Bertz CT molecular complexity index is 786. The summed E-state index contributed by atoms with van der Waals surface area (Å²) in [5, 5.41) is 31.3. The summed E-state index contributed by atoms with van der Waals surface area (Å²) in [6.07, 6.45) is -3.66. The quantitative estimate of drug-likeness (QED) is 0.439. The number of hydrogen-bond donors (Lipinski definition) is 4. The molecule has 0 radical (unpaired) electrons. The van der Waals surface area contributed by atoms with Gasteiger partial charge in [-0.15, -0.1) is 9.58 Å². The highest BCUT2D eigenvalue weighted by Crippen LogP contribution is 2.30. The number of fused-ring (bicyclic) bond motifs is 1.